The fourth-order valence-corrected chi connectivity index (χ4v) is 1.79. The fraction of sp³-hybridized carbons (Fsp3) is 0.667. The van der Waals surface area contributed by atoms with Crippen molar-refractivity contribution in [2.45, 2.75) is 32.7 Å². The molecule has 2 heterocycles. The van der Waals surface area contributed by atoms with E-state index in [1.54, 1.807) is 13.2 Å². The molecule has 1 aliphatic rings. The molecule has 0 bridgehead atoms. The second-order valence-corrected chi connectivity index (χ2v) is 4.71. The Kier molecular flexibility index (Phi) is 3.68. The van der Waals surface area contributed by atoms with E-state index >= 15 is 0 Å². The summed E-state index contributed by atoms with van der Waals surface area (Å²) in [5, 5.41) is 3.13. The summed E-state index contributed by atoms with van der Waals surface area (Å²) in [7, 11) is 1.59. The van der Waals surface area contributed by atoms with Gasteiger partial charge in [0.15, 0.2) is 5.79 Å². The van der Waals surface area contributed by atoms with Gasteiger partial charge in [0.1, 0.15) is 6.10 Å². The first-order valence-electron chi connectivity index (χ1n) is 5.94. The van der Waals surface area contributed by atoms with Gasteiger partial charge in [-0.3, -0.25) is 0 Å². The topological polar surface area (TPSA) is 65.5 Å². The van der Waals surface area contributed by atoms with Crippen LogP contribution in [0.2, 0.25) is 0 Å². The van der Waals surface area contributed by atoms with Crippen LogP contribution < -0.4 is 10.1 Å². The van der Waals surface area contributed by atoms with Gasteiger partial charge in [-0.2, -0.15) is 4.98 Å². The maximum Gasteiger partial charge on any atom is 0.226 e. The van der Waals surface area contributed by atoms with E-state index in [2.05, 4.69) is 15.3 Å². The predicted molar refractivity (Wildman–Crippen MR) is 66.7 cm³/mol. The zero-order valence-electron chi connectivity index (χ0n) is 11.2. The number of hydrogen-bond acceptors (Lipinski definition) is 6. The van der Waals surface area contributed by atoms with Gasteiger partial charge < -0.3 is 19.5 Å². The highest BCUT2D eigenvalue weighted by atomic mass is 16.7. The molecule has 1 saturated heterocycles. The summed E-state index contributed by atoms with van der Waals surface area (Å²) < 4.78 is 16.3. The summed E-state index contributed by atoms with van der Waals surface area (Å²) in [6.07, 6.45) is 0.00936. The first-order valence-corrected chi connectivity index (χ1v) is 5.94. The summed E-state index contributed by atoms with van der Waals surface area (Å²) in [5.74, 6) is 0.589. The van der Waals surface area contributed by atoms with Gasteiger partial charge in [-0.1, -0.05) is 0 Å². The Morgan fingerprint density at radius 2 is 2.28 bits per heavy atom. The van der Waals surface area contributed by atoms with Crippen LogP contribution >= 0.6 is 0 Å². The molecule has 1 aromatic rings. The molecule has 18 heavy (non-hydrogen) atoms. The van der Waals surface area contributed by atoms with Gasteiger partial charge >= 0.3 is 0 Å². The Bertz CT molecular complexity index is 423. The minimum absolute atomic E-state index is 0.00936. The molecule has 2 rings (SSSR count). The minimum atomic E-state index is -0.502. The number of nitrogens with one attached hydrogen (secondary N) is 1. The van der Waals surface area contributed by atoms with Gasteiger partial charge in [0.2, 0.25) is 11.8 Å². The van der Waals surface area contributed by atoms with E-state index in [1.807, 2.05) is 20.8 Å². The molecule has 6 heteroatoms. The summed E-state index contributed by atoms with van der Waals surface area (Å²) in [6, 6.07) is 1.78. The standard InChI is InChI=1S/C12H19N3O3/c1-8-5-10(16-4)15-11(14-8)13-6-9-7-17-12(2,3)18-9/h5,9H,6-7H2,1-4H3,(H,13,14,15). The first-order chi connectivity index (χ1) is 8.48. The zero-order chi connectivity index (χ0) is 13.2. The van der Waals surface area contributed by atoms with Crippen molar-refractivity contribution in [3.05, 3.63) is 11.8 Å². The molecule has 0 amide bonds. The van der Waals surface area contributed by atoms with Crippen LogP contribution in [0.5, 0.6) is 5.88 Å². The summed E-state index contributed by atoms with van der Waals surface area (Å²) >= 11 is 0. The maximum atomic E-state index is 5.69. The summed E-state index contributed by atoms with van der Waals surface area (Å²) in [5.41, 5.74) is 0.855. The second kappa shape index (κ2) is 5.07. The zero-order valence-corrected chi connectivity index (χ0v) is 11.2. The van der Waals surface area contributed by atoms with Crippen molar-refractivity contribution in [3.63, 3.8) is 0 Å². The van der Waals surface area contributed by atoms with Gasteiger partial charge in [-0.25, -0.2) is 4.98 Å². The second-order valence-electron chi connectivity index (χ2n) is 4.71. The molecule has 6 nitrogen and oxygen atoms in total. The Morgan fingerprint density at radius 1 is 1.50 bits per heavy atom. The number of ether oxygens (including phenoxy) is 3. The molecule has 1 fully saturated rings. The van der Waals surface area contributed by atoms with Gasteiger partial charge in [-0.15, -0.1) is 0 Å². The van der Waals surface area contributed by atoms with Crippen molar-refractivity contribution in [2.75, 3.05) is 25.6 Å². The number of aromatic nitrogens is 2. The fourth-order valence-electron chi connectivity index (χ4n) is 1.79. The highest BCUT2D eigenvalue weighted by Crippen LogP contribution is 2.22. The van der Waals surface area contributed by atoms with Crippen LogP contribution in [0, 0.1) is 6.92 Å². The van der Waals surface area contributed by atoms with E-state index in [9.17, 15) is 0 Å². The van der Waals surface area contributed by atoms with Crippen molar-refractivity contribution in [3.8, 4) is 5.88 Å². The Labute approximate surface area is 107 Å². The third-order valence-corrected chi connectivity index (χ3v) is 2.60. The Morgan fingerprint density at radius 3 is 2.89 bits per heavy atom. The van der Waals surface area contributed by atoms with Crippen LogP contribution in [-0.4, -0.2) is 42.1 Å². The first kappa shape index (κ1) is 13.0. The van der Waals surface area contributed by atoms with E-state index in [4.69, 9.17) is 14.2 Å². The molecule has 1 atom stereocenters. The predicted octanol–water partition coefficient (Wildman–Crippen LogP) is 1.36. The van der Waals surface area contributed by atoms with Crippen LogP contribution in [0.1, 0.15) is 19.5 Å². The van der Waals surface area contributed by atoms with Crippen LogP contribution in [-0.2, 0) is 9.47 Å². The van der Waals surface area contributed by atoms with Crippen molar-refractivity contribution in [1.82, 2.24) is 9.97 Å². The molecule has 1 aromatic heterocycles. The van der Waals surface area contributed by atoms with Crippen molar-refractivity contribution >= 4 is 5.95 Å². The highest BCUT2D eigenvalue weighted by molar-refractivity contribution is 5.30. The van der Waals surface area contributed by atoms with Crippen molar-refractivity contribution in [2.24, 2.45) is 0 Å². The van der Waals surface area contributed by atoms with E-state index in [1.165, 1.54) is 0 Å². The maximum absolute atomic E-state index is 5.69. The average Bonchev–Trinajstić information content (AvgIpc) is 2.65. The number of rotatable bonds is 4. The van der Waals surface area contributed by atoms with E-state index in [0.29, 0.717) is 25.0 Å². The minimum Gasteiger partial charge on any atom is -0.481 e. The molecule has 0 saturated carbocycles. The van der Waals surface area contributed by atoms with Crippen molar-refractivity contribution < 1.29 is 14.2 Å². The highest BCUT2D eigenvalue weighted by Gasteiger charge is 2.32. The molecule has 100 valence electrons. The number of aryl methyl sites for hydroxylation is 1. The number of anilines is 1. The quantitative estimate of drug-likeness (QED) is 0.874. The lowest BCUT2D eigenvalue weighted by Gasteiger charge is -2.17. The largest absolute Gasteiger partial charge is 0.481 e. The molecule has 0 spiro atoms. The molecular weight excluding hydrogens is 234 g/mol. The Hall–Kier alpha value is -1.40. The lowest BCUT2D eigenvalue weighted by Crippen LogP contribution is -2.26. The van der Waals surface area contributed by atoms with E-state index in [-0.39, 0.29) is 6.10 Å². The summed E-state index contributed by atoms with van der Waals surface area (Å²) in [6.45, 7) is 6.88. The normalized spacial score (nSPS) is 21.9. The lowest BCUT2D eigenvalue weighted by molar-refractivity contribution is -0.136. The van der Waals surface area contributed by atoms with Gasteiger partial charge in [0.25, 0.3) is 0 Å². The van der Waals surface area contributed by atoms with Crippen LogP contribution in [0.4, 0.5) is 5.95 Å². The van der Waals surface area contributed by atoms with Gasteiger partial charge in [0, 0.05) is 18.3 Å². The monoisotopic (exact) mass is 253 g/mol. The summed E-state index contributed by atoms with van der Waals surface area (Å²) in [4.78, 5) is 8.49. The molecule has 0 aromatic carbocycles. The van der Waals surface area contributed by atoms with E-state index < -0.39 is 5.79 Å². The number of nitrogens with zero attached hydrogens (tertiary/aromatic N) is 2. The smallest absolute Gasteiger partial charge is 0.226 e. The third-order valence-electron chi connectivity index (χ3n) is 2.60. The van der Waals surface area contributed by atoms with E-state index in [0.717, 1.165) is 5.69 Å². The van der Waals surface area contributed by atoms with Gasteiger partial charge in [-0.05, 0) is 20.8 Å². The number of methoxy groups -OCH3 is 1. The lowest BCUT2D eigenvalue weighted by atomic mass is 10.3. The molecule has 0 radical (unpaired) electrons. The average molecular weight is 253 g/mol. The molecule has 0 aliphatic carbocycles. The van der Waals surface area contributed by atoms with Crippen LogP contribution in [0.3, 0.4) is 0 Å². The SMILES string of the molecule is COc1cc(C)nc(NCC2COC(C)(C)O2)n1. The Balaban J connectivity index is 1.92. The van der Waals surface area contributed by atoms with Crippen LogP contribution in [0.15, 0.2) is 6.07 Å². The number of hydrogen-bond donors (Lipinski definition) is 1. The molecule has 1 unspecified atom stereocenters. The molecule has 1 aliphatic heterocycles. The molecular formula is C12H19N3O3. The van der Waals surface area contributed by atoms with Crippen molar-refractivity contribution in [1.29, 1.82) is 0 Å². The van der Waals surface area contributed by atoms with Crippen LogP contribution in [0.25, 0.3) is 0 Å². The molecule has 1 N–H and O–H groups in total. The third kappa shape index (κ3) is 3.30. The van der Waals surface area contributed by atoms with Gasteiger partial charge in [0.05, 0.1) is 13.7 Å².